The molecule has 16 heavy (non-hydrogen) atoms. The van der Waals surface area contributed by atoms with Gasteiger partial charge in [0.25, 0.3) is 0 Å². The minimum absolute atomic E-state index is 0.637. The number of piperazine rings is 1. The van der Waals surface area contributed by atoms with E-state index in [1.165, 1.54) is 38.9 Å². The second kappa shape index (κ2) is 5.61. The predicted molar refractivity (Wildman–Crippen MR) is 69.2 cm³/mol. The first-order valence-corrected chi connectivity index (χ1v) is 8.17. The molecular weight excluding hydrogens is 220 g/mol. The number of fused-ring (bicyclic) bond motifs is 1. The molecule has 4 heteroatoms. The van der Waals surface area contributed by atoms with Crippen molar-refractivity contribution in [2.75, 3.05) is 38.2 Å². The van der Waals surface area contributed by atoms with Crippen LogP contribution in [0, 0.1) is 0 Å². The number of nitrogens with zero attached hydrogens (tertiary/aromatic N) is 2. The predicted octanol–water partition coefficient (Wildman–Crippen LogP) is 0.924. The van der Waals surface area contributed by atoms with E-state index in [2.05, 4.69) is 16.7 Å². The molecule has 3 unspecified atom stereocenters. The lowest BCUT2D eigenvalue weighted by molar-refractivity contribution is 0.0187. The fourth-order valence-corrected chi connectivity index (χ4v) is 3.46. The fourth-order valence-electron chi connectivity index (χ4n) is 2.97. The molecule has 0 saturated carbocycles. The Bertz CT molecular complexity index is 259. The van der Waals surface area contributed by atoms with E-state index in [-0.39, 0.29) is 0 Å². The molecule has 0 aliphatic carbocycles. The average molecular weight is 244 g/mol. The minimum atomic E-state index is -0.647. The van der Waals surface area contributed by atoms with Crippen LogP contribution in [0.4, 0.5) is 0 Å². The molecule has 2 fully saturated rings. The topological polar surface area (TPSA) is 23.6 Å². The van der Waals surface area contributed by atoms with Crippen molar-refractivity contribution in [3.63, 3.8) is 0 Å². The summed E-state index contributed by atoms with van der Waals surface area (Å²) in [6.07, 6.45) is 5.94. The molecular formula is C12H24N2OS. The van der Waals surface area contributed by atoms with E-state index in [9.17, 15) is 4.21 Å². The summed E-state index contributed by atoms with van der Waals surface area (Å²) in [7, 11) is -0.647. The molecule has 3 atom stereocenters. The zero-order valence-electron chi connectivity index (χ0n) is 10.5. The van der Waals surface area contributed by atoms with Gasteiger partial charge in [0.05, 0.1) is 0 Å². The lowest BCUT2D eigenvalue weighted by atomic mass is 9.97. The van der Waals surface area contributed by atoms with Gasteiger partial charge in [-0.1, -0.05) is 6.42 Å². The van der Waals surface area contributed by atoms with Gasteiger partial charge in [-0.2, -0.15) is 0 Å². The smallest absolute Gasteiger partial charge is 0.0359 e. The third-order valence-electron chi connectivity index (χ3n) is 3.98. The van der Waals surface area contributed by atoms with E-state index in [0.29, 0.717) is 6.04 Å². The van der Waals surface area contributed by atoms with Crippen molar-refractivity contribution in [1.82, 2.24) is 9.80 Å². The van der Waals surface area contributed by atoms with E-state index in [1.807, 2.05) is 6.26 Å². The van der Waals surface area contributed by atoms with Crippen LogP contribution in [-0.2, 0) is 10.8 Å². The Labute approximate surface area is 102 Å². The second-order valence-corrected chi connectivity index (χ2v) is 6.82. The first kappa shape index (κ1) is 12.5. The summed E-state index contributed by atoms with van der Waals surface area (Å²) in [6.45, 7) is 7.01. The van der Waals surface area contributed by atoms with Gasteiger partial charge in [0.15, 0.2) is 0 Å². The normalized spacial score (nSPS) is 34.6. The van der Waals surface area contributed by atoms with Crippen LogP contribution in [0.15, 0.2) is 0 Å². The van der Waals surface area contributed by atoms with Crippen LogP contribution in [0.25, 0.3) is 0 Å². The van der Waals surface area contributed by atoms with E-state index in [4.69, 9.17) is 0 Å². The molecule has 0 radical (unpaired) electrons. The van der Waals surface area contributed by atoms with Gasteiger partial charge in [-0.15, -0.1) is 0 Å². The summed E-state index contributed by atoms with van der Waals surface area (Å²) >= 11 is 0. The summed E-state index contributed by atoms with van der Waals surface area (Å²) in [5.74, 6) is 0.830. The first-order valence-electron chi connectivity index (χ1n) is 6.45. The molecule has 2 aliphatic heterocycles. The van der Waals surface area contributed by atoms with Crippen LogP contribution in [0.1, 0.15) is 26.2 Å². The number of rotatable bonds is 3. The van der Waals surface area contributed by atoms with Gasteiger partial charge in [-0.3, -0.25) is 14.0 Å². The van der Waals surface area contributed by atoms with Gasteiger partial charge >= 0.3 is 0 Å². The van der Waals surface area contributed by atoms with Gasteiger partial charge < -0.3 is 0 Å². The van der Waals surface area contributed by atoms with Crippen molar-refractivity contribution in [3.8, 4) is 0 Å². The first-order chi connectivity index (χ1) is 7.66. The molecule has 0 aromatic rings. The van der Waals surface area contributed by atoms with Gasteiger partial charge in [0.1, 0.15) is 0 Å². The van der Waals surface area contributed by atoms with Crippen LogP contribution >= 0.6 is 0 Å². The molecule has 2 rings (SSSR count). The molecule has 2 heterocycles. The van der Waals surface area contributed by atoms with Crippen LogP contribution in [0.5, 0.6) is 0 Å². The van der Waals surface area contributed by atoms with Crippen molar-refractivity contribution >= 4 is 10.8 Å². The molecule has 2 aliphatic rings. The maximum atomic E-state index is 11.1. The lowest BCUT2D eigenvalue weighted by Crippen LogP contribution is -2.59. The summed E-state index contributed by atoms with van der Waals surface area (Å²) in [5.41, 5.74) is 0. The van der Waals surface area contributed by atoms with Crippen molar-refractivity contribution < 1.29 is 4.21 Å². The van der Waals surface area contributed by atoms with Gasteiger partial charge in [-0.05, 0) is 26.3 Å². The Morgan fingerprint density at radius 1 is 1.31 bits per heavy atom. The van der Waals surface area contributed by atoms with Gasteiger partial charge in [-0.25, -0.2) is 0 Å². The van der Waals surface area contributed by atoms with Crippen LogP contribution < -0.4 is 0 Å². The Morgan fingerprint density at radius 3 is 2.88 bits per heavy atom. The third-order valence-corrected chi connectivity index (χ3v) is 4.74. The summed E-state index contributed by atoms with van der Waals surface area (Å²) in [5, 5.41) is 0. The van der Waals surface area contributed by atoms with E-state index in [1.54, 1.807) is 0 Å². The van der Waals surface area contributed by atoms with Crippen molar-refractivity contribution in [1.29, 1.82) is 0 Å². The highest BCUT2D eigenvalue weighted by atomic mass is 32.2. The molecule has 0 N–H and O–H groups in total. The molecule has 94 valence electrons. The molecule has 0 aromatic heterocycles. The van der Waals surface area contributed by atoms with Crippen LogP contribution in [0.3, 0.4) is 0 Å². The molecule has 0 spiro atoms. The Hall–Kier alpha value is 0.0700. The monoisotopic (exact) mass is 244 g/mol. The number of hydrogen-bond donors (Lipinski definition) is 0. The molecule has 3 nitrogen and oxygen atoms in total. The van der Waals surface area contributed by atoms with Gasteiger partial charge in [0, 0.05) is 54.5 Å². The maximum Gasteiger partial charge on any atom is 0.0359 e. The zero-order valence-corrected chi connectivity index (χ0v) is 11.3. The minimum Gasteiger partial charge on any atom is -0.298 e. The van der Waals surface area contributed by atoms with Crippen molar-refractivity contribution in [2.45, 2.75) is 38.3 Å². The maximum absolute atomic E-state index is 11.1. The standard InChI is InChI=1S/C12H24N2OS/c1-11-9-14-6-4-3-5-12(14)10-13(11)7-8-16(2)15/h11-12H,3-10H2,1-2H3. The Balaban J connectivity index is 1.87. The summed E-state index contributed by atoms with van der Waals surface area (Å²) < 4.78 is 11.1. The van der Waals surface area contributed by atoms with E-state index in [0.717, 1.165) is 18.3 Å². The Kier molecular flexibility index (Phi) is 4.39. The largest absolute Gasteiger partial charge is 0.298 e. The second-order valence-electron chi connectivity index (χ2n) is 5.27. The SMILES string of the molecule is CC1CN2CCCCC2CN1CCS(C)=O. The molecule has 0 aromatic carbocycles. The third kappa shape index (κ3) is 3.05. The lowest BCUT2D eigenvalue weighted by Gasteiger charge is -2.47. The van der Waals surface area contributed by atoms with E-state index >= 15 is 0 Å². The highest BCUT2D eigenvalue weighted by Gasteiger charge is 2.32. The van der Waals surface area contributed by atoms with Gasteiger partial charge in [0.2, 0.25) is 0 Å². The average Bonchev–Trinajstić information content (AvgIpc) is 2.26. The number of hydrogen-bond acceptors (Lipinski definition) is 3. The number of piperidine rings is 1. The van der Waals surface area contributed by atoms with Crippen molar-refractivity contribution in [3.05, 3.63) is 0 Å². The summed E-state index contributed by atoms with van der Waals surface area (Å²) in [4.78, 5) is 5.20. The summed E-state index contributed by atoms with van der Waals surface area (Å²) in [6, 6.07) is 1.41. The fraction of sp³-hybridized carbons (Fsp3) is 1.00. The quantitative estimate of drug-likeness (QED) is 0.738. The molecule has 0 amide bonds. The van der Waals surface area contributed by atoms with Crippen LogP contribution in [-0.4, -0.2) is 64.3 Å². The van der Waals surface area contributed by atoms with Crippen LogP contribution in [0.2, 0.25) is 0 Å². The highest BCUT2D eigenvalue weighted by molar-refractivity contribution is 7.84. The van der Waals surface area contributed by atoms with E-state index < -0.39 is 10.8 Å². The highest BCUT2D eigenvalue weighted by Crippen LogP contribution is 2.23. The molecule has 2 saturated heterocycles. The Morgan fingerprint density at radius 2 is 2.12 bits per heavy atom. The molecule has 0 bridgehead atoms. The van der Waals surface area contributed by atoms with Crippen molar-refractivity contribution in [2.24, 2.45) is 0 Å². The zero-order chi connectivity index (χ0) is 11.5.